The summed E-state index contributed by atoms with van der Waals surface area (Å²) in [5.74, 6) is 0.590. The average molecular weight is 265 g/mol. The van der Waals surface area contributed by atoms with E-state index in [2.05, 4.69) is 15.7 Å². The third-order valence-electron chi connectivity index (χ3n) is 3.69. The Morgan fingerprint density at radius 1 is 1.50 bits per heavy atom. The van der Waals surface area contributed by atoms with Crippen LogP contribution in [0.5, 0.6) is 0 Å². The summed E-state index contributed by atoms with van der Waals surface area (Å²) in [6.45, 7) is 2.00. The third-order valence-corrected chi connectivity index (χ3v) is 4.74. The lowest BCUT2D eigenvalue weighted by Crippen LogP contribution is -2.41. The van der Waals surface area contributed by atoms with E-state index in [1.807, 2.05) is 18.9 Å². The van der Waals surface area contributed by atoms with Crippen molar-refractivity contribution in [1.82, 2.24) is 15.2 Å². The summed E-state index contributed by atoms with van der Waals surface area (Å²) in [5, 5.41) is 6.28. The highest BCUT2D eigenvalue weighted by molar-refractivity contribution is 7.09. The van der Waals surface area contributed by atoms with Crippen LogP contribution < -0.4 is 5.32 Å². The Kier molecular flexibility index (Phi) is 3.01. The molecule has 0 radical (unpaired) electrons. The van der Waals surface area contributed by atoms with Crippen molar-refractivity contribution in [3.05, 3.63) is 16.1 Å². The summed E-state index contributed by atoms with van der Waals surface area (Å²) < 4.78 is 0. The molecule has 1 heterocycles. The van der Waals surface area contributed by atoms with Gasteiger partial charge in [0.1, 0.15) is 5.01 Å². The van der Waals surface area contributed by atoms with Crippen LogP contribution in [0.1, 0.15) is 42.4 Å². The van der Waals surface area contributed by atoms with Gasteiger partial charge in [-0.2, -0.15) is 0 Å². The predicted molar refractivity (Wildman–Crippen MR) is 71.6 cm³/mol. The Bertz CT molecular complexity index is 451. The zero-order chi connectivity index (χ0) is 12.7. The molecule has 18 heavy (non-hydrogen) atoms. The predicted octanol–water partition coefficient (Wildman–Crippen LogP) is 2.71. The quantitative estimate of drug-likeness (QED) is 0.909. The van der Waals surface area contributed by atoms with Gasteiger partial charge in [0.15, 0.2) is 0 Å². The van der Waals surface area contributed by atoms with Crippen LogP contribution in [-0.2, 0) is 0 Å². The van der Waals surface area contributed by atoms with Crippen LogP contribution in [0.4, 0.5) is 4.79 Å². The number of nitrogens with one attached hydrogen (secondary N) is 1. The van der Waals surface area contributed by atoms with E-state index >= 15 is 0 Å². The molecule has 1 N–H and O–H groups in total. The van der Waals surface area contributed by atoms with Crippen LogP contribution in [-0.4, -0.2) is 29.0 Å². The first-order valence-corrected chi connectivity index (χ1v) is 7.48. The lowest BCUT2D eigenvalue weighted by Gasteiger charge is -2.22. The second-order valence-electron chi connectivity index (χ2n) is 5.43. The van der Waals surface area contributed by atoms with Gasteiger partial charge in [-0.05, 0) is 38.5 Å². The Morgan fingerprint density at radius 3 is 2.72 bits per heavy atom. The minimum Gasteiger partial charge on any atom is -0.328 e. The molecule has 0 aromatic carbocycles. The number of thiazole rings is 1. The van der Waals surface area contributed by atoms with Gasteiger partial charge in [-0.1, -0.05) is 0 Å². The number of hydrogen-bond donors (Lipinski definition) is 1. The number of aryl methyl sites for hydroxylation is 1. The van der Waals surface area contributed by atoms with Gasteiger partial charge in [0.05, 0.1) is 6.04 Å². The second-order valence-corrected chi connectivity index (χ2v) is 6.32. The molecule has 0 bridgehead atoms. The monoisotopic (exact) mass is 265 g/mol. The smallest absolute Gasteiger partial charge is 0.317 e. The van der Waals surface area contributed by atoms with Crippen molar-refractivity contribution in [3.63, 3.8) is 0 Å². The van der Waals surface area contributed by atoms with E-state index in [1.165, 1.54) is 12.8 Å². The fourth-order valence-corrected chi connectivity index (χ4v) is 3.13. The molecule has 0 saturated heterocycles. The summed E-state index contributed by atoms with van der Waals surface area (Å²) in [4.78, 5) is 18.5. The molecule has 98 valence electrons. The maximum Gasteiger partial charge on any atom is 0.317 e. The summed E-state index contributed by atoms with van der Waals surface area (Å²) in [6.07, 6.45) is 4.70. The number of carbonyl (C=O) groups excluding carboxylic acids is 1. The van der Waals surface area contributed by atoms with E-state index < -0.39 is 0 Å². The Morgan fingerprint density at radius 2 is 2.22 bits per heavy atom. The van der Waals surface area contributed by atoms with Crippen molar-refractivity contribution in [3.8, 4) is 0 Å². The van der Waals surface area contributed by atoms with E-state index in [0.29, 0.717) is 12.0 Å². The van der Waals surface area contributed by atoms with E-state index in [0.717, 1.165) is 23.5 Å². The van der Waals surface area contributed by atoms with Crippen molar-refractivity contribution in [2.24, 2.45) is 5.92 Å². The number of aromatic nitrogens is 1. The molecule has 1 unspecified atom stereocenters. The molecule has 2 saturated carbocycles. The highest BCUT2D eigenvalue weighted by atomic mass is 32.1. The molecule has 2 aliphatic carbocycles. The highest BCUT2D eigenvalue weighted by Crippen LogP contribution is 2.42. The Balaban J connectivity index is 1.68. The number of rotatable bonds is 4. The molecule has 1 atom stereocenters. The van der Waals surface area contributed by atoms with Crippen molar-refractivity contribution in [2.45, 2.75) is 44.7 Å². The Labute approximate surface area is 111 Å². The third kappa shape index (κ3) is 2.51. The van der Waals surface area contributed by atoms with Gasteiger partial charge in [0.25, 0.3) is 0 Å². The van der Waals surface area contributed by atoms with Gasteiger partial charge in [0, 0.05) is 24.2 Å². The van der Waals surface area contributed by atoms with Gasteiger partial charge in [-0.15, -0.1) is 11.3 Å². The number of nitrogens with zero attached hydrogens (tertiary/aromatic N) is 2. The summed E-state index contributed by atoms with van der Waals surface area (Å²) >= 11 is 1.66. The summed E-state index contributed by atoms with van der Waals surface area (Å²) in [6, 6.07) is 0.641. The van der Waals surface area contributed by atoms with Crippen LogP contribution >= 0.6 is 11.3 Å². The molecule has 1 aromatic heterocycles. The molecule has 1 aromatic rings. The molecule has 2 aliphatic rings. The standard InChI is InChI=1S/C13H19N3OS/c1-8-7-18-12(14-8)11(9-3-4-9)15-13(17)16(2)10-5-6-10/h7,9-11H,3-6H2,1-2H3,(H,15,17). The largest absolute Gasteiger partial charge is 0.328 e. The van der Waals surface area contributed by atoms with Gasteiger partial charge in [-0.3, -0.25) is 0 Å². The summed E-state index contributed by atoms with van der Waals surface area (Å²) in [7, 11) is 1.89. The molecule has 0 spiro atoms. The Hall–Kier alpha value is -1.10. The molecular weight excluding hydrogens is 246 g/mol. The lowest BCUT2D eigenvalue weighted by molar-refractivity contribution is 0.201. The first-order chi connectivity index (χ1) is 8.65. The number of carbonyl (C=O) groups is 1. The average Bonchev–Trinajstić information content (AvgIpc) is 3.24. The fraction of sp³-hybridized carbons (Fsp3) is 0.692. The van der Waals surface area contributed by atoms with Crippen LogP contribution in [0.3, 0.4) is 0 Å². The van der Waals surface area contributed by atoms with E-state index in [1.54, 1.807) is 11.3 Å². The van der Waals surface area contributed by atoms with Crippen LogP contribution in [0.15, 0.2) is 5.38 Å². The number of urea groups is 1. The van der Waals surface area contributed by atoms with E-state index in [-0.39, 0.29) is 12.1 Å². The zero-order valence-electron chi connectivity index (χ0n) is 10.8. The van der Waals surface area contributed by atoms with Gasteiger partial charge in [-0.25, -0.2) is 9.78 Å². The molecule has 2 fully saturated rings. The second kappa shape index (κ2) is 4.53. The van der Waals surface area contributed by atoms with Crippen molar-refractivity contribution < 1.29 is 4.79 Å². The molecule has 0 aliphatic heterocycles. The number of hydrogen-bond acceptors (Lipinski definition) is 3. The highest BCUT2D eigenvalue weighted by Gasteiger charge is 2.37. The summed E-state index contributed by atoms with van der Waals surface area (Å²) in [5.41, 5.74) is 1.05. The SMILES string of the molecule is Cc1csc(C(NC(=O)N(C)C2CC2)C2CC2)n1. The molecular formula is C13H19N3OS. The lowest BCUT2D eigenvalue weighted by atomic mass is 10.2. The fourth-order valence-electron chi connectivity index (χ4n) is 2.19. The van der Waals surface area contributed by atoms with E-state index in [4.69, 9.17) is 0 Å². The number of amides is 2. The molecule has 2 amide bonds. The maximum atomic E-state index is 12.1. The topological polar surface area (TPSA) is 45.2 Å². The van der Waals surface area contributed by atoms with Crippen molar-refractivity contribution in [1.29, 1.82) is 0 Å². The zero-order valence-corrected chi connectivity index (χ0v) is 11.7. The first-order valence-electron chi connectivity index (χ1n) is 6.60. The van der Waals surface area contributed by atoms with Crippen LogP contribution in [0.2, 0.25) is 0 Å². The van der Waals surface area contributed by atoms with Crippen LogP contribution in [0, 0.1) is 12.8 Å². The first kappa shape index (κ1) is 12.0. The van der Waals surface area contributed by atoms with Gasteiger partial charge in [0.2, 0.25) is 0 Å². The van der Waals surface area contributed by atoms with Crippen molar-refractivity contribution >= 4 is 17.4 Å². The van der Waals surface area contributed by atoms with Gasteiger partial charge < -0.3 is 10.2 Å². The minimum absolute atomic E-state index is 0.0576. The normalized spacial score (nSPS) is 20.6. The van der Waals surface area contributed by atoms with Crippen LogP contribution in [0.25, 0.3) is 0 Å². The minimum atomic E-state index is 0.0576. The maximum absolute atomic E-state index is 12.1. The molecule has 3 rings (SSSR count). The van der Waals surface area contributed by atoms with E-state index in [9.17, 15) is 4.79 Å². The van der Waals surface area contributed by atoms with Crippen molar-refractivity contribution in [2.75, 3.05) is 7.05 Å². The molecule has 5 heteroatoms. The van der Waals surface area contributed by atoms with Gasteiger partial charge >= 0.3 is 6.03 Å². The molecule has 4 nitrogen and oxygen atoms in total.